The molecule has 102 valence electrons. The van der Waals surface area contributed by atoms with E-state index in [-0.39, 0.29) is 16.7 Å². The average Bonchev–Trinajstić information content (AvgIpc) is 2.45. The van der Waals surface area contributed by atoms with Gasteiger partial charge in [-0.25, -0.2) is 0 Å². The largest absolute Gasteiger partial charge is 0.398 e. The van der Waals surface area contributed by atoms with Crippen molar-refractivity contribution in [2.45, 2.75) is 6.92 Å². The lowest BCUT2D eigenvalue weighted by Gasteiger charge is -2.04. The van der Waals surface area contributed by atoms with Gasteiger partial charge in [0.15, 0.2) is 5.78 Å². The molecule has 0 aliphatic rings. The van der Waals surface area contributed by atoms with Gasteiger partial charge in [-0.2, -0.15) is 0 Å². The summed E-state index contributed by atoms with van der Waals surface area (Å²) in [5.41, 5.74) is 8.35. The minimum atomic E-state index is -0.177. The highest BCUT2D eigenvalue weighted by molar-refractivity contribution is 8.14. The molecule has 2 N–H and O–H groups in total. The summed E-state index contributed by atoms with van der Waals surface area (Å²) in [6.45, 7) is 1.96. The fourth-order valence-electron chi connectivity index (χ4n) is 1.71. The van der Waals surface area contributed by atoms with Crippen LogP contribution in [-0.2, 0) is 0 Å². The molecule has 0 atom stereocenters. The van der Waals surface area contributed by atoms with Crippen LogP contribution in [0.25, 0.3) is 0 Å². The first-order valence-corrected chi connectivity index (χ1v) is 7.18. The van der Waals surface area contributed by atoms with Gasteiger partial charge in [0, 0.05) is 11.3 Å². The zero-order chi connectivity index (χ0) is 14.5. The van der Waals surface area contributed by atoms with Gasteiger partial charge in [0.05, 0.1) is 11.3 Å². The van der Waals surface area contributed by atoms with E-state index >= 15 is 0 Å². The molecular weight excluding hydrogens is 270 g/mol. The number of hydrogen-bond donors (Lipinski definition) is 1. The lowest BCUT2D eigenvalue weighted by molar-refractivity contribution is 0.101. The van der Waals surface area contributed by atoms with Crippen LogP contribution in [0.1, 0.15) is 26.3 Å². The summed E-state index contributed by atoms with van der Waals surface area (Å²) in [5.74, 6) is 0.0637. The predicted octanol–water partition coefficient (Wildman–Crippen LogP) is 3.33. The molecule has 0 amide bonds. The van der Waals surface area contributed by atoms with Crippen LogP contribution in [0.5, 0.6) is 0 Å². The Morgan fingerprint density at radius 1 is 1.05 bits per heavy atom. The van der Waals surface area contributed by atoms with Gasteiger partial charge >= 0.3 is 0 Å². The molecule has 0 saturated heterocycles. The lowest BCUT2D eigenvalue weighted by atomic mass is 10.1. The van der Waals surface area contributed by atoms with Crippen LogP contribution in [-0.4, -0.2) is 16.7 Å². The van der Waals surface area contributed by atoms with E-state index in [9.17, 15) is 9.59 Å². The molecule has 3 nitrogen and oxygen atoms in total. The Morgan fingerprint density at radius 3 is 2.35 bits per heavy atom. The van der Waals surface area contributed by atoms with Crippen LogP contribution in [0.2, 0.25) is 0 Å². The van der Waals surface area contributed by atoms with Crippen molar-refractivity contribution in [1.82, 2.24) is 0 Å². The van der Waals surface area contributed by atoms with Gasteiger partial charge in [0.1, 0.15) is 0 Å². The molecule has 0 unspecified atom stereocenters. The highest BCUT2D eigenvalue weighted by Gasteiger charge is 2.13. The van der Waals surface area contributed by atoms with Crippen LogP contribution in [0, 0.1) is 6.92 Å². The second kappa shape index (κ2) is 6.39. The number of anilines is 1. The maximum absolute atomic E-state index is 12.0. The van der Waals surface area contributed by atoms with E-state index in [0.29, 0.717) is 16.8 Å². The number of benzene rings is 2. The highest BCUT2D eigenvalue weighted by atomic mass is 32.2. The minimum Gasteiger partial charge on any atom is -0.398 e. The summed E-state index contributed by atoms with van der Waals surface area (Å²) in [6.07, 6.45) is 0. The number of thioether (sulfide) groups is 1. The van der Waals surface area contributed by atoms with Crippen LogP contribution in [0.3, 0.4) is 0 Å². The number of nitrogen functional groups attached to an aromatic ring is 1. The molecule has 4 heteroatoms. The third-order valence-corrected chi connectivity index (χ3v) is 3.78. The summed E-state index contributed by atoms with van der Waals surface area (Å²) >= 11 is 0.982. The second-order valence-corrected chi connectivity index (χ2v) is 5.40. The number of rotatable bonds is 4. The smallest absolute Gasteiger partial charge is 0.221 e. The summed E-state index contributed by atoms with van der Waals surface area (Å²) in [4.78, 5) is 24.0. The normalized spacial score (nSPS) is 10.2. The maximum Gasteiger partial charge on any atom is 0.221 e. The van der Waals surface area contributed by atoms with Crippen molar-refractivity contribution in [3.8, 4) is 0 Å². The molecule has 0 aliphatic carbocycles. The molecule has 0 aliphatic heterocycles. The first-order valence-electron chi connectivity index (χ1n) is 6.19. The molecule has 0 heterocycles. The molecule has 0 bridgehead atoms. The monoisotopic (exact) mass is 285 g/mol. The number of aryl methyl sites for hydroxylation is 1. The van der Waals surface area contributed by atoms with Crippen LogP contribution < -0.4 is 5.73 Å². The molecule has 0 aromatic heterocycles. The Kier molecular flexibility index (Phi) is 4.58. The lowest BCUT2D eigenvalue weighted by Crippen LogP contribution is -2.07. The third-order valence-electron chi connectivity index (χ3n) is 2.89. The standard InChI is InChI=1S/C16H15NO2S/c1-11-6-8-12(9-7-11)15(18)10-20-16(19)13-4-2-3-5-14(13)17/h2-9H,10,17H2,1H3. The molecule has 0 fully saturated rings. The molecule has 0 radical (unpaired) electrons. The quantitative estimate of drug-likeness (QED) is 0.691. The molecule has 0 saturated carbocycles. The molecule has 0 spiro atoms. The summed E-state index contributed by atoms with van der Waals surface area (Å²) in [7, 11) is 0. The van der Waals surface area contributed by atoms with Crippen molar-refractivity contribution in [2.75, 3.05) is 11.5 Å². The predicted molar refractivity (Wildman–Crippen MR) is 83.2 cm³/mol. The van der Waals surface area contributed by atoms with Crippen molar-refractivity contribution in [3.05, 3.63) is 65.2 Å². The number of para-hydroxylation sites is 1. The summed E-state index contributed by atoms with van der Waals surface area (Å²) in [5, 5.41) is -0.177. The first kappa shape index (κ1) is 14.3. The van der Waals surface area contributed by atoms with Gasteiger partial charge in [-0.1, -0.05) is 53.7 Å². The van der Waals surface area contributed by atoms with Crippen molar-refractivity contribution in [2.24, 2.45) is 0 Å². The van der Waals surface area contributed by atoms with Crippen LogP contribution >= 0.6 is 11.8 Å². The Morgan fingerprint density at radius 2 is 1.70 bits per heavy atom. The van der Waals surface area contributed by atoms with Gasteiger partial charge in [-0.05, 0) is 19.1 Å². The fourth-order valence-corrected chi connectivity index (χ4v) is 2.48. The maximum atomic E-state index is 12.0. The highest BCUT2D eigenvalue weighted by Crippen LogP contribution is 2.19. The summed E-state index contributed by atoms with van der Waals surface area (Å²) < 4.78 is 0. The second-order valence-electron chi connectivity index (χ2n) is 4.45. The number of carbonyl (C=O) groups is 2. The molecule has 2 rings (SSSR count). The Bertz CT molecular complexity index is 635. The fraction of sp³-hybridized carbons (Fsp3) is 0.125. The Balaban J connectivity index is 1.99. The molecular formula is C16H15NO2S. The van der Waals surface area contributed by atoms with Crippen LogP contribution in [0.4, 0.5) is 5.69 Å². The van der Waals surface area contributed by atoms with Crippen molar-refractivity contribution >= 4 is 28.3 Å². The van der Waals surface area contributed by atoms with Gasteiger partial charge in [0.25, 0.3) is 0 Å². The van der Waals surface area contributed by atoms with Crippen molar-refractivity contribution in [1.29, 1.82) is 0 Å². The number of nitrogens with two attached hydrogens (primary N) is 1. The van der Waals surface area contributed by atoms with Gasteiger partial charge in [-0.3, -0.25) is 9.59 Å². The van der Waals surface area contributed by atoms with E-state index in [0.717, 1.165) is 17.3 Å². The average molecular weight is 285 g/mol. The van der Waals surface area contributed by atoms with Crippen LogP contribution in [0.15, 0.2) is 48.5 Å². The van der Waals surface area contributed by atoms with Crippen molar-refractivity contribution in [3.63, 3.8) is 0 Å². The molecule has 20 heavy (non-hydrogen) atoms. The van der Waals surface area contributed by atoms with E-state index in [1.54, 1.807) is 36.4 Å². The van der Waals surface area contributed by atoms with Crippen molar-refractivity contribution < 1.29 is 9.59 Å². The minimum absolute atomic E-state index is 0.0575. The molecule has 2 aromatic rings. The van der Waals surface area contributed by atoms with E-state index in [1.807, 2.05) is 19.1 Å². The van der Waals surface area contributed by atoms with Gasteiger partial charge in [0.2, 0.25) is 5.12 Å². The Hall–Kier alpha value is -2.07. The number of ketones is 1. The van der Waals surface area contributed by atoms with Gasteiger partial charge in [-0.15, -0.1) is 0 Å². The molecule has 2 aromatic carbocycles. The van der Waals surface area contributed by atoms with E-state index < -0.39 is 0 Å². The Labute approximate surface area is 122 Å². The van der Waals surface area contributed by atoms with E-state index in [4.69, 9.17) is 5.73 Å². The van der Waals surface area contributed by atoms with E-state index in [2.05, 4.69) is 0 Å². The number of carbonyl (C=O) groups excluding carboxylic acids is 2. The first-order chi connectivity index (χ1) is 9.58. The zero-order valence-electron chi connectivity index (χ0n) is 11.1. The zero-order valence-corrected chi connectivity index (χ0v) is 11.9. The topological polar surface area (TPSA) is 60.2 Å². The number of hydrogen-bond acceptors (Lipinski definition) is 4. The third kappa shape index (κ3) is 3.48. The number of Topliss-reactive ketones (excluding diaryl/α,β-unsaturated/α-hetero) is 1. The van der Waals surface area contributed by atoms with E-state index in [1.165, 1.54) is 0 Å². The van der Waals surface area contributed by atoms with Gasteiger partial charge < -0.3 is 5.73 Å². The summed E-state index contributed by atoms with van der Waals surface area (Å²) in [6, 6.07) is 14.2. The SMILES string of the molecule is Cc1ccc(C(=O)CSC(=O)c2ccccc2N)cc1.